The third-order valence-electron chi connectivity index (χ3n) is 6.35. The van der Waals surface area contributed by atoms with Crippen LogP contribution in [0.3, 0.4) is 0 Å². The minimum Gasteiger partial charge on any atom is -0.206 e. The number of halogens is 7. The van der Waals surface area contributed by atoms with Crippen LogP contribution in [0.2, 0.25) is 0 Å². The van der Waals surface area contributed by atoms with Crippen molar-refractivity contribution in [1.82, 2.24) is 0 Å². The van der Waals surface area contributed by atoms with E-state index in [1.54, 1.807) is 13.8 Å². The smallest absolute Gasteiger partial charge is 0.194 e. The molecule has 0 saturated heterocycles. The predicted octanol–water partition coefficient (Wildman–Crippen LogP) is 9.16. The second kappa shape index (κ2) is 9.95. The standard InChI is InChI=1S/C32H17F7/c1-16-9-22-15-26(35)29(32(39)30(22)25(34)10-16)19-6-3-18(4-7-19)5-8-20-12-24(33)23(11-17(20)2)21-13-27(36)31(38)28(37)14-21/h3-4,6-7,9-15H,1-2H3. The molecule has 0 bridgehead atoms. The zero-order chi connectivity index (χ0) is 28.0. The van der Waals surface area contributed by atoms with Crippen LogP contribution in [0.25, 0.3) is 33.0 Å². The molecule has 5 rings (SSSR count). The highest BCUT2D eigenvalue weighted by Crippen LogP contribution is 2.34. The average Bonchev–Trinajstić information content (AvgIpc) is 2.87. The SMILES string of the molecule is Cc1cc(F)c2c(F)c(-c3ccc(C#Cc4cc(F)c(-c5cc(F)c(F)c(F)c5)cc4C)cc3)c(F)cc2c1. The Hall–Kier alpha value is -4.57. The third-order valence-corrected chi connectivity index (χ3v) is 6.35. The van der Waals surface area contributed by atoms with Gasteiger partial charge in [-0.1, -0.05) is 30.0 Å². The van der Waals surface area contributed by atoms with Crippen LogP contribution in [0, 0.1) is 66.4 Å². The largest absolute Gasteiger partial charge is 0.206 e. The molecule has 39 heavy (non-hydrogen) atoms. The molecule has 0 aliphatic heterocycles. The van der Waals surface area contributed by atoms with Crippen LogP contribution in [0.1, 0.15) is 22.3 Å². The van der Waals surface area contributed by atoms with Crippen molar-refractivity contribution in [2.24, 2.45) is 0 Å². The Kier molecular flexibility index (Phi) is 6.65. The fraction of sp³-hybridized carbons (Fsp3) is 0.0625. The van der Waals surface area contributed by atoms with E-state index < -0.39 is 40.7 Å². The summed E-state index contributed by atoms with van der Waals surface area (Å²) in [6, 6.07) is 13.5. The summed E-state index contributed by atoms with van der Waals surface area (Å²) >= 11 is 0. The molecular formula is C32H17F7. The Balaban J connectivity index is 1.46. The van der Waals surface area contributed by atoms with Crippen molar-refractivity contribution in [3.63, 3.8) is 0 Å². The van der Waals surface area contributed by atoms with Crippen LogP contribution >= 0.6 is 0 Å². The van der Waals surface area contributed by atoms with Gasteiger partial charge in [-0.15, -0.1) is 0 Å². The molecule has 5 aromatic carbocycles. The van der Waals surface area contributed by atoms with Gasteiger partial charge >= 0.3 is 0 Å². The second-order valence-corrected chi connectivity index (χ2v) is 9.12. The summed E-state index contributed by atoms with van der Waals surface area (Å²) in [5.74, 6) is -2.30. The van der Waals surface area contributed by atoms with Gasteiger partial charge in [0.1, 0.15) is 23.3 Å². The van der Waals surface area contributed by atoms with E-state index in [4.69, 9.17) is 0 Å². The van der Waals surface area contributed by atoms with Gasteiger partial charge in [0.25, 0.3) is 0 Å². The molecule has 0 spiro atoms. The first-order valence-electron chi connectivity index (χ1n) is 11.7. The van der Waals surface area contributed by atoms with Gasteiger partial charge in [-0.25, -0.2) is 30.7 Å². The second-order valence-electron chi connectivity index (χ2n) is 9.12. The number of hydrogen-bond acceptors (Lipinski definition) is 0. The van der Waals surface area contributed by atoms with E-state index in [0.717, 1.165) is 12.1 Å². The van der Waals surface area contributed by atoms with E-state index in [2.05, 4.69) is 11.8 Å². The molecule has 7 heteroatoms. The first kappa shape index (κ1) is 26.1. The zero-order valence-corrected chi connectivity index (χ0v) is 20.5. The summed E-state index contributed by atoms with van der Waals surface area (Å²) < 4.78 is 99.7. The topological polar surface area (TPSA) is 0 Å². The van der Waals surface area contributed by atoms with Gasteiger partial charge in [-0.05, 0) is 90.0 Å². The molecule has 0 aromatic heterocycles. The molecule has 0 heterocycles. The average molecular weight is 534 g/mol. The molecule has 0 atom stereocenters. The quantitative estimate of drug-likeness (QED) is 0.120. The molecule has 0 nitrogen and oxygen atoms in total. The zero-order valence-electron chi connectivity index (χ0n) is 20.5. The minimum atomic E-state index is -1.64. The van der Waals surface area contributed by atoms with Crippen molar-refractivity contribution in [3.8, 4) is 34.1 Å². The molecular weight excluding hydrogens is 517 g/mol. The van der Waals surface area contributed by atoms with Gasteiger partial charge in [0.05, 0.1) is 10.9 Å². The molecule has 194 valence electrons. The Labute approximate surface area is 219 Å². The molecule has 0 fully saturated rings. The maximum atomic E-state index is 15.2. The molecule has 0 unspecified atom stereocenters. The molecule has 0 aliphatic carbocycles. The third kappa shape index (κ3) is 4.86. The fourth-order valence-corrected chi connectivity index (χ4v) is 4.43. The van der Waals surface area contributed by atoms with Crippen molar-refractivity contribution < 1.29 is 30.7 Å². The maximum Gasteiger partial charge on any atom is 0.194 e. The van der Waals surface area contributed by atoms with Crippen LogP contribution in [0.4, 0.5) is 30.7 Å². The Morgan fingerprint density at radius 2 is 1.21 bits per heavy atom. The normalized spacial score (nSPS) is 11.0. The maximum absolute atomic E-state index is 15.2. The van der Waals surface area contributed by atoms with Gasteiger partial charge in [-0.2, -0.15) is 0 Å². The monoisotopic (exact) mass is 534 g/mol. The van der Waals surface area contributed by atoms with Crippen molar-refractivity contribution in [3.05, 3.63) is 130 Å². The number of rotatable bonds is 2. The fourth-order valence-electron chi connectivity index (χ4n) is 4.43. The molecule has 0 radical (unpaired) electrons. The Bertz CT molecular complexity index is 1820. The lowest BCUT2D eigenvalue weighted by molar-refractivity contribution is 0.447. The Morgan fingerprint density at radius 1 is 0.538 bits per heavy atom. The number of aryl methyl sites for hydroxylation is 2. The van der Waals surface area contributed by atoms with E-state index in [0.29, 0.717) is 34.4 Å². The van der Waals surface area contributed by atoms with E-state index >= 15 is 4.39 Å². The highest BCUT2D eigenvalue weighted by Gasteiger charge is 2.19. The molecule has 0 aliphatic rings. The highest BCUT2D eigenvalue weighted by molar-refractivity contribution is 5.89. The van der Waals surface area contributed by atoms with Crippen LogP contribution in [-0.4, -0.2) is 0 Å². The summed E-state index contributed by atoms with van der Waals surface area (Å²) in [5, 5.41) is -0.176. The molecule has 0 saturated carbocycles. The van der Waals surface area contributed by atoms with Crippen LogP contribution in [0.15, 0.2) is 66.7 Å². The lowest BCUT2D eigenvalue weighted by Gasteiger charge is -2.10. The minimum absolute atomic E-state index is 0.119. The van der Waals surface area contributed by atoms with Gasteiger partial charge in [0.2, 0.25) is 0 Å². The van der Waals surface area contributed by atoms with Gasteiger partial charge < -0.3 is 0 Å². The van der Waals surface area contributed by atoms with Crippen LogP contribution in [0.5, 0.6) is 0 Å². The summed E-state index contributed by atoms with van der Waals surface area (Å²) in [7, 11) is 0. The number of benzene rings is 5. The van der Waals surface area contributed by atoms with E-state index in [-0.39, 0.29) is 33.0 Å². The van der Waals surface area contributed by atoms with Gasteiger partial charge in [0, 0.05) is 16.7 Å². The van der Waals surface area contributed by atoms with Crippen molar-refractivity contribution in [1.29, 1.82) is 0 Å². The lowest BCUT2D eigenvalue weighted by Crippen LogP contribution is -1.96. The molecule has 5 aromatic rings. The lowest BCUT2D eigenvalue weighted by atomic mass is 9.97. The summed E-state index contributed by atoms with van der Waals surface area (Å²) in [4.78, 5) is 0. The molecule has 0 amide bonds. The summed E-state index contributed by atoms with van der Waals surface area (Å²) in [5.41, 5.74) is 1.32. The van der Waals surface area contributed by atoms with Crippen LogP contribution in [-0.2, 0) is 0 Å². The van der Waals surface area contributed by atoms with Gasteiger partial charge in [0.15, 0.2) is 17.5 Å². The van der Waals surface area contributed by atoms with E-state index in [1.165, 1.54) is 42.5 Å². The van der Waals surface area contributed by atoms with E-state index in [1.807, 2.05) is 0 Å². The van der Waals surface area contributed by atoms with Gasteiger partial charge in [-0.3, -0.25) is 0 Å². The summed E-state index contributed by atoms with van der Waals surface area (Å²) in [6.45, 7) is 3.25. The number of fused-ring (bicyclic) bond motifs is 1. The van der Waals surface area contributed by atoms with Crippen LogP contribution < -0.4 is 0 Å². The molecule has 0 N–H and O–H groups in total. The highest BCUT2D eigenvalue weighted by atomic mass is 19.2. The first-order chi connectivity index (χ1) is 18.5. The van der Waals surface area contributed by atoms with Crippen molar-refractivity contribution in [2.75, 3.05) is 0 Å². The predicted molar refractivity (Wildman–Crippen MR) is 136 cm³/mol. The van der Waals surface area contributed by atoms with Crippen molar-refractivity contribution >= 4 is 10.8 Å². The number of hydrogen-bond donors (Lipinski definition) is 0. The first-order valence-corrected chi connectivity index (χ1v) is 11.7. The summed E-state index contributed by atoms with van der Waals surface area (Å²) in [6.07, 6.45) is 0. The Morgan fingerprint density at radius 3 is 1.87 bits per heavy atom. The van der Waals surface area contributed by atoms with Crippen molar-refractivity contribution in [2.45, 2.75) is 13.8 Å². The van der Waals surface area contributed by atoms with E-state index in [9.17, 15) is 26.3 Å².